The van der Waals surface area contributed by atoms with E-state index in [0.29, 0.717) is 12.1 Å². The van der Waals surface area contributed by atoms with E-state index in [1.807, 2.05) is 36.4 Å². The number of rotatable bonds is 3. The minimum atomic E-state index is -0.0160. The summed E-state index contributed by atoms with van der Waals surface area (Å²) in [6.07, 6.45) is 4.75. The summed E-state index contributed by atoms with van der Waals surface area (Å²) < 4.78 is 5.68. The second-order valence-electron chi connectivity index (χ2n) is 5.94. The van der Waals surface area contributed by atoms with Crippen LogP contribution < -0.4 is 5.32 Å². The molecule has 2 aliphatic rings. The second kappa shape index (κ2) is 6.41. The van der Waals surface area contributed by atoms with Crippen molar-refractivity contribution in [2.24, 2.45) is 0 Å². The standard InChI is InChI=1S/C17H22N2O2/c1-13-10-19-11-15(9-16(19)12-21-13)18-17(20)8-7-14-5-3-2-4-6-14/h2-8,13,15-16H,9-12H2,1H3,(H,18,20)/b8-7+/t13-,15-,16+/m1/s1. The van der Waals surface area contributed by atoms with Crippen molar-refractivity contribution in [3.63, 3.8) is 0 Å². The van der Waals surface area contributed by atoms with Gasteiger partial charge in [-0.15, -0.1) is 0 Å². The second-order valence-corrected chi connectivity index (χ2v) is 5.94. The minimum absolute atomic E-state index is 0.0160. The lowest BCUT2D eigenvalue weighted by atomic mass is 10.1. The molecular formula is C17H22N2O2. The highest BCUT2D eigenvalue weighted by Gasteiger charge is 2.36. The van der Waals surface area contributed by atoms with Crippen molar-refractivity contribution in [3.8, 4) is 0 Å². The third-order valence-electron chi connectivity index (χ3n) is 4.17. The Morgan fingerprint density at radius 2 is 2.14 bits per heavy atom. The van der Waals surface area contributed by atoms with Gasteiger partial charge in [0.15, 0.2) is 0 Å². The third kappa shape index (κ3) is 3.71. The maximum absolute atomic E-state index is 12.0. The van der Waals surface area contributed by atoms with Crippen LogP contribution in [0.3, 0.4) is 0 Å². The van der Waals surface area contributed by atoms with Crippen molar-refractivity contribution in [1.82, 2.24) is 10.2 Å². The minimum Gasteiger partial charge on any atom is -0.376 e. The number of nitrogens with one attached hydrogen (secondary N) is 1. The highest BCUT2D eigenvalue weighted by molar-refractivity contribution is 5.91. The number of benzene rings is 1. The van der Waals surface area contributed by atoms with Crippen LogP contribution in [-0.4, -0.2) is 48.7 Å². The molecular weight excluding hydrogens is 264 g/mol. The summed E-state index contributed by atoms with van der Waals surface area (Å²) in [6, 6.07) is 10.6. The van der Waals surface area contributed by atoms with Crippen molar-refractivity contribution >= 4 is 12.0 Å². The smallest absolute Gasteiger partial charge is 0.244 e. The fraction of sp³-hybridized carbons (Fsp3) is 0.471. The fourth-order valence-corrected chi connectivity index (χ4v) is 3.13. The van der Waals surface area contributed by atoms with E-state index in [0.717, 1.165) is 31.7 Å². The van der Waals surface area contributed by atoms with Gasteiger partial charge in [0.25, 0.3) is 0 Å². The van der Waals surface area contributed by atoms with Gasteiger partial charge in [-0.3, -0.25) is 9.69 Å². The molecule has 4 nitrogen and oxygen atoms in total. The zero-order valence-corrected chi connectivity index (χ0v) is 12.4. The van der Waals surface area contributed by atoms with Gasteiger partial charge in [-0.2, -0.15) is 0 Å². The first-order valence-electron chi connectivity index (χ1n) is 7.60. The molecule has 0 bridgehead atoms. The molecule has 0 aromatic heterocycles. The van der Waals surface area contributed by atoms with Crippen LogP contribution in [0.15, 0.2) is 36.4 Å². The number of amides is 1. The molecule has 0 unspecified atom stereocenters. The van der Waals surface area contributed by atoms with Gasteiger partial charge in [-0.25, -0.2) is 0 Å². The topological polar surface area (TPSA) is 41.6 Å². The zero-order chi connectivity index (χ0) is 14.7. The molecule has 3 atom stereocenters. The van der Waals surface area contributed by atoms with Gasteiger partial charge in [0.05, 0.1) is 12.7 Å². The number of fused-ring (bicyclic) bond motifs is 1. The zero-order valence-electron chi connectivity index (χ0n) is 12.4. The number of carbonyl (C=O) groups excluding carboxylic acids is 1. The van der Waals surface area contributed by atoms with Crippen LogP contribution in [0.1, 0.15) is 18.9 Å². The molecule has 0 spiro atoms. The molecule has 2 fully saturated rings. The highest BCUT2D eigenvalue weighted by atomic mass is 16.5. The Morgan fingerprint density at radius 3 is 2.95 bits per heavy atom. The summed E-state index contributed by atoms with van der Waals surface area (Å²) in [5.74, 6) is -0.0160. The molecule has 0 radical (unpaired) electrons. The quantitative estimate of drug-likeness (QED) is 0.860. The predicted octanol–water partition coefficient (Wildman–Crippen LogP) is 1.68. The summed E-state index contributed by atoms with van der Waals surface area (Å²) in [4.78, 5) is 14.4. The summed E-state index contributed by atoms with van der Waals surface area (Å²) in [7, 11) is 0. The molecule has 1 aromatic rings. The molecule has 1 amide bonds. The first-order chi connectivity index (χ1) is 10.2. The monoisotopic (exact) mass is 286 g/mol. The van der Waals surface area contributed by atoms with E-state index in [-0.39, 0.29) is 11.9 Å². The van der Waals surface area contributed by atoms with Crippen LogP contribution in [0.2, 0.25) is 0 Å². The number of hydrogen-bond acceptors (Lipinski definition) is 3. The van der Waals surface area contributed by atoms with Crippen LogP contribution in [-0.2, 0) is 9.53 Å². The maximum atomic E-state index is 12.0. The Balaban J connectivity index is 1.51. The van der Waals surface area contributed by atoms with E-state index in [4.69, 9.17) is 4.74 Å². The Hall–Kier alpha value is -1.65. The van der Waals surface area contributed by atoms with E-state index in [9.17, 15) is 4.79 Å². The Kier molecular flexibility index (Phi) is 4.36. The average molecular weight is 286 g/mol. The normalized spacial score (nSPS) is 29.5. The predicted molar refractivity (Wildman–Crippen MR) is 82.8 cm³/mol. The summed E-state index contributed by atoms with van der Waals surface area (Å²) >= 11 is 0. The maximum Gasteiger partial charge on any atom is 0.244 e. The van der Waals surface area contributed by atoms with E-state index >= 15 is 0 Å². The van der Waals surface area contributed by atoms with Crippen LogP contribution in [0.25, 0.3) is 6.08 Å². The first kappa shape index (κ1) is 14.3. The van der Waals surface area contributed by atoms with Crippen LogP contribution in [0.5, 0.6) is 0 Å². The lowest BCUT2D eigenvalue weighted by molar-refractivity contribution is -0.117. The molecule has 4 heteroatoms. The van der Waals surface area contributed by atoms with Crippen molar-refractivity contribution in [1.29, 1.82) is 0 Å². The summed E-state index contributed by atoms with van der Waals surface area (Å²) in [5, 5.41) is 3.10. The lowest BCUT2D eigenvalue weighted by Gasteiger charge is -2.33. The van der Waals surface area contributed by atoms with Gasteiger partial charge >= 0.3 is 0 Å². The average Bonchev–Trinajstić information content (AvgIpc) is 2.87. The molecule has 1 aromatic carbocycles. The molecule has 0 saturated carbocycles. The van der Waals surface area contributed by atoms with Gasteiger partial charge in [0, 0.05) is 31.2 Å². The van der Waals surface area contributed by atoms with E-state index in [2.05, 4.69) is 17.1 Å². The van der Waals surface area contributed by atoms with Crippen LogP contribution in [0.4, 0.5) is 0 Å². The van der Waals surface area contributed by atoms with Gasteiger partial charge in [-0.1, -0.05) is 30.3 Å². The molecule has 2 aliphatic heterocycles. The Labute approximate surface area is 125 Å². The first-order valence-corrected chi connectivity index (χ1v) is 7.60. The van der Waals surface area contributed by atoms with Crippen molar-refractivity contribution in [3.05, 3.63) is 42.0 Å². The molecule has 2 heterocycles. The van der Waals surface area contributed by atoms with Crippen LogP contribution >= 0.6 is 0 Å². The van der Waals surface area contributed by atoms with Gasteiger partial charge in [0.1, 0.15) is 0 Å². The fourth-order valence-electron chi connectivity index (χ4n) is 3.13. The van der Waals surface area contributed by atoms with Crippen molar-refractivity contribution < 1.29 is 9.53 Å². The molecule has 21 heavy (non-hydrogen) atoms. The largest absolute Gasteiger partial charge is 0.376 e. The van der Waals surface area contributed by atoms with Crippen molar-refractivity contribution in [2.75, 3.05) is 19.7 Å². The lowest BCUT2D eigenvalue weighted by Crippen LogP contribution is -2.45. The van der Waals surface area contributed by atoms with E-state index in [1.165, 1.54) is 0 Å². The number of hydrogen-bond donors (Lipinski definition) is 1. The molecule has 2 saturated heterocycles. The van der Waals surface area contributed by atoms with Gasteiger partial charge < -0.3 is 10.1 Å². The van der Waals surface area contributed by atoms with Gasteiger partial charge in [0.2, 0.25) is 5.91 Å². The SMILES string of the molecule is C[C@@H]1CN2C[C@H](NC(=O)/C=C/c3ccccc3)C[C@H]2CO1. The Morgan fingerprint density at radius 1 is 1.33 bits per heavy atom. The number of nitrogens with zero attached hydrogens (tertiary/aromatic N) is 1. The van der Waals surface area contributed by atoms with Crippen LogP contribution in [0, 0.1) is 0 Å². The van der Waals surface area contributed by atoms with Gasteiger partial charge in [-0.05, 0) is 25.0 Å². The molecule has 112 valence electrons. The Bertz CT molecular complexity index is 515. The molecule has 0 aliphatic carbocycles. The number of morpholine rings is 1. The summed E-state index contributed by atoms with van der Waals surface area (Å²) in [5.41, 5.74) is 1.04. The molecule has 1 N–H and O–H groups in total. The number of carbonyl (C=O) groups is 1. The highest BCUT2D eigenvalue weighted by Crippen LogP contribution is 2.23. The van der Waals surface area contributed by atoms with E-state index < -0.39 is 0 Å². The third-order valence-corrected chi connectivity index (χ3v) is 4.17. The van der Waals surface area contributed by atoms with E-state index in [1.54, 1.807) is 6.08 Å². The van der Waals surface area contributed by atoms with Crippen molar-refractivity contribution in [2.45, 2.75) is 31.5 Å². The molecule has 3 rings (SSSR count). The number of ether oxygens (including phenoxy) is 1. The summed E-state index contributed by atoms with van der Waals surface area (Å²) in [6.45, 7) is 4.79.